The number of rotatable bonds is 4. The first kappa shape index (κ1) is 15.0. The molecule has 0 aliphatic carbocycles. The Kier molecular flexibility index (Phi) is 3.87. The van der Waals surface area contributed by atoms with Gasteiger partial charge < -0.3 is 4.57 Å². The number of thiophene rings is 1. The van der Waals surface area contributed by atoms with Crippen LogP contribution in [0.4, 0.5) is 0 Å². The zero-order valence-corrected chi connectivity index (χ0v) is 14.6. The summed E-state index contributed by atoms with van der Waals surface area (Å²) in [5.41, 5.74) is 2.27. The average Bonchev–Trinajstić information content (AvgIpc) is 3.32. The summed E-state index contributed by atoms with van der Waals surface area (Å²) in [5, 5.41) is 14.9. The third-order valence-corrected chi connectivity index (χ3v) is 4.99. The van der Waals surface area contributed by atoms with Crippen LogP contribution in [0.5, 0.6) is 0 Å². The molecule has 1 N–H and O–H groups in total. The number of aromatic nitrogens is 4. The van der Waals surface area contributed by atoms with E-state index in [4.69, 9.17) is 12.2 Å². The van der Waals surface area contributed by atoms with Crippen LogP contribution in [0.2, 0.25) is 0 Å². The highest BCUT2D eigenvalue weighted by Crippen LogP contribution is 2.23. The highest BCUT2D eigenvalue weighted by atomic mass is 32.1. The minimum Gasteiger partial charge on any atom is -0.347 e. The molecular weight excluding hydrogens is 338 g/mol. The molecule has 0 unspecified atom stereocenters. The number of para-hydroxylation sites is 1. The summed E-state index contributed by atoms with van der Waals surface area (Å²) in [7, 11) is 0. The molecule has 4 rings (SSSR count). The molecule has 1 aromatic carbocycles. The van der Waals surface area contributed by atoms with Crippen molar-refractivity contribution in [2.45, 2.75) is 13.5 Å². The van der Waals surface area contributed by atoms with Gasteiger partial charge in [0.1, 0.15) is 0 Å². The molecule has 0 saturated carbocycles. The predicted molar refractivity (Wildman–Crippen MR) is 101 cm³/mol. The maximum absolute atomic E-state index is 5.32. The standard InChI is InChI=1S/C17H15N5S2/c1-2-21-11-12(13-6-3-4-7-14(13)21)10-18-22-16(19-20-17(22)23)15-8-5-9-24-15/h3-11H,2H2,1H3,(H,20,23)/b18-10-. The number of aryl methyl sites for hydroxylation is 1. The Bertz CT molecular complexity index is 1070. The van der Waals surface area contributed by atoms with Crippen LogP contribution < -0.4 is 0 Å². The number of nitrogens with one attached hydrogen (secondary N) is 1. The number of hydrogen-bond acceptors (Lipinski definition) is 4. The quantitative estimate of drug-likeness (QED) is 0.433. The lowest BCUT2D eigenvalue weighted by Gasteiger charge is -1.98. The van der Waals surface area contributed by atoms with E-state index < -0.39 is 0 Å². The second-order valence-corrected chi connectivity index (χ2v) is 6.61. The van der Waals surface area contributed by atoms with Gasteiger partial charge in [-0.1, -0.05) is 24.3 Å². The van der Waals surface area contributed by atoms with Crippen molar-refractivity contribution in [2.24, 2.45) is 5.10 Å². The van der Waals surface area contributed by atoms with Gasteiger partial charge in [-0.3, -0.25) is 0 Å². The van der Waals surface area contributed by atoms with Crippen LogP contribution in [-0.4, -0.2) is 25.7 Å². The van der Waals surface area contributed by atoms with E-state index in [1.807, 2.05) is 29.8 Å². The van der Waals surface area contributed by atoms with Crippen LogP contribution >= 0.6 is 23.6 Å². The van der Waals surface area contributed by atoms with Gasteiger partial charge in [-0.2, -0.15) is 14.9 Å². The van der Waals surface area contributed by atoms with E-state index in [2.05, 4.69) is 51.2 Å². The summed E-state index contributed by atoms with van der Waals surface area (Å²) in [4.78, 5) is 1.02. The van der Waals surface area contributed by atoms with E-state index in [0.29, 0.717) is 4.77 Å². The van der Waals surface area contributed by atoms with Gasteiger partial charge in [0.05, 0.1) is 11.1 Å². The fraction of sp³-hybridized carbons (Fsp3) is 0.118. The number of nitrogens with zero attached hydrogens (tertiary/aromatic N) is 4. The highest BCUT2D eigenvalue weighted by molar-refractivity contribution is 7.71. The third kappa shape index (κ3) is 2.51. The Morgan fingerprint density at radius 2 is 2.17 bits per heavy atom. The molecule has 0 saturated heterocycles. The summed E-state index contributed by atoms with van der Waals surface area (Å²) in [6, 6.07) is 12.3. The van der Waals surface area contributed by atoms with Crippen molar-refractivity contribution in [2.75, 3.05) is 0 Å². The predicted octanol–water partition coefficient (Wildman–Crippen LogP) is 4.53. The smallest absolute Gasteiger partial charge is 0.216 e. The molecule has 4 aromatic rings. The summed E-state index contributed by atoms with van der Waals surface area (Å²) in [6.45, 7) is 3.05. The minimum atomic E-state index is 0.480. The van der Waals surface area contributed by atoms with Crippen molar-refractivity contribution in [3.8, 4) is 10.7 Å². The number of fused-ring (bicyclic) bond motifs is 1. The molecule has 3 heterocycles. The van der Waals surface area contributed by atoms with Crippen LogP contribution in [0.1, 0.15) is 12.5 Å². The van der Waals surface area contributed by atoms with Crippen molar-refractivity contribution in [1.82, 2.24) is 19.4 Å². The first-order valence-electron chi connectivity index (χ1n) is 7.61. The topological polar surface area (TPSA) is 50.9 Å². The van der Waals surface area contributed by atoms with E-state index in [-0.39, 0.29) is 0 Å². The van der Waals surface area contributed by atoms with Gasteiger partial charge >= 0.3 is 0 Å². The number of aromatic amines is 1. The minimum absolute atomic E-state index is 0.480. The maximum atomic E-state index is 5.32. The molecule has 0 radical (unpaired) electrons. The zero-order valence-electron chi connectivity index (χ0n) is 13.0. The van der Waals surface area contributed by atoms with Crippen molar-refractivity contribution in [3.05, 3.63) is 58.3 Å². The maximum Gasteiger partial charge on any atom is 0.216 e. The lowest BCUT2D eigenvalue weighted by atomic mass is 10.2. The summed E-state index contributed by atoms with van der Waals surface area (Å²) in [5.74, 6) is 0.727. The molecule has 0 aliphatic rings. The van der Waals surface area contributed by atoms with Crippen LogP contribution in [0.3, 0.4) is 0 Å². The molecule has 0 fully saturated rings. The average molecular weight is 353 g/mol. The lowest BCUT2D eigenvalue weighted by molar-refractivity contribution is 0.797. The van der Waals surface area contributed by atoms with E-state index in [1.165, 1.54) is 10.9 Å². The van der Waals surface area contributed by atoms with Gasteiger partial charge in [-0.25, -0.2) is 5.10 Å². The first-order chi connectivity index (χ1) is 11.8. The molecule has 24 heavy (non-hydrogen) atoms. The zero-order chi connectivity index (χ0) is 16.5. The number of H-pyrrole nitrogens is 1. The molecule has 0 spiro atoms. The molecule has 120 valence electrons. The highest BCUT2D eigenvalue weighted by Gasteiger charge is 2.09. The van der Waals surface area contributed by atoms with Crippen molar-refractivity contribution < 1.29 is 0 Å². The summed E-state index contributed by atoms with van der Waals surface area (Å²) >= 11 is 6.92. The molecule has 5 nitrogen and oxygen atoms in total. The SMILES string of the molecule is CCn1cc(/C=N\n2c(-c3cccs3)n[nH]c2=S)c2ccccc21. The molecule has 0 atom stereocenters. The second-order valence-electron chi connectivity index (χ2n) is 5.27. The van der Waals surface area contributed by atoms with Crippen LogP contribution in [-0.2, 0) is 6.54 Å². The molecule has 0 aliphatic heterocycles. The van der Waals surface area contributed by atoms with Gasteiger partial charge in [0.25, 0.3) is 0 Å². The molecule has 0 bridgehead atoms. The Labute approximate surface area is 147 Å². The molecule has 7 heteroatoms. The molecule has 0 amide bonds. The summed E-state index contributed by atoms with van der Waals surface area (Å²) < 4.78 is 4.36. The Morgan fingerprint density at radius 1 is 1.29 bits per heavy atom. The number of benzene rings is 1. The largest absolute Gasteiger partial charge is 0.347 e. The van der Waals surface area contributed by atoms with Gasteiger partial charge in [0, 0.05) is 29.2 Å². The number of hydrogen-bond donors (Lipinski definition) is 1. The first-order valence-corrected chi connectivity index (χ1v) is 8.90. The van der Waals surface area contributed by atoms with Gasteiger partial charge in [-0.05, 0) is 36.7 Å². The Hall–Kier alpha value is -2.51. The van der Waals surface area contributed by atoms with Crippen molar-refractivity contribution >= 4 is 40.7 Å². The van der Waals surface area contributed by atoms with E-state index in [1.54, 1.807) is 16.0 Å². The van der Waals surface area contributed by atoms with Crippen LogP contribution in [0, 0.1) is 4.77 Å². The van der Waals surface area contributed by atoms with E-state index in [0.717, 1.165) is 22.8 Å². The summed E-state index contributed by atoms with van der Waals surface area (Å²) in [6.07, 6.45) is 3.96. The second kappa shape index (κ2) is 6.18. The van der Waals surface area contributed by atoms with Gasteiger partial charge in [0.15, 0.2) is 5.82 Å². The van der Waals surface area contributed by atoms with Crippen LogP contribution in [0.25, 0.3) is 21.6 Å². The van der Waals surface area contributed by atoms with E-state index >= 15 is 0 Å². The van der Waals surface area contributed by atoms with Gasteiger partial charge in [0.2, 0.25) is 4.77 Å². The fourth-order valence-electron chi connectivity index (χ4n) is 2.72. The monoisotopic (exact) mass is 353 g/mol. The Morgan fingerprint density at radius 3 is 2.96 bits per heavy atom. The van der Waals surface area contributed by atoms with Gasteiger partial charge in [-0.15, -0.1) is 11.3 Å². The van der Waals surface area contributed by atoms with Crippen molar-refractivity contribution in [1.29, 1.82) is 0 Å². The molecular formula is C17H15N5S2. The van der Waals surface area contributed by atoms with Crippen LogP contribution in [0.15, 0.2) is 53.1 Å². The van der Waals surface area contributed by atoms with E-state index in [9.17, 15) is 0 Å². The normalized spacial score (nSPS) is 11.7. The third-order valence-electron chi connectivity index (χ3n) is 3.86. The fourth-order valence-corrected chi connectivity index (χ4v) is 3.60. The lowest BCUT2D eigenvalue weighted by Crippen LogP contribution is -1.93. The Balaban J connectivity index is 1.80. The van der Waals surface area contributed by atoms with Crippen molar-refractivity contribution in [3.63, 3.8) is 0 Å². The molecule has 3 aromatic heterocycles.